The van der Waals surface area contributed by atoms with Crippen LogP contribution in [-0.4, -0.2) is 63.6 Å². The van der Waals surface area contributed by atoms with Crippen molar-refractivity contribution in [1.29, 1.82) is 0 Å². The van der Waals surface area contributed by atoms with Crippen molar-refractivity contribution in [3.05, 3.63) is 33.5 Å². The third kappa shape index (κ3) is 3.97. The number of carbonyl (C=O) groups excluding carboxylic acids is 1. The number of aromatic nitrogens is 4. The largest absolute Gasteiger partial charge is 0.490 e. The number of carbonyl (C=O) groups is 1. The highest BCUT2D eigenvalue weighted by atomic mass is 19.4. The SMILES string of the molecule is C=CCn1c(N2CCNCC2)nc2c1c(=O)n(CCOC(=O)C(F)(F)F)c(=O)n2C. The van der Waals surface area contributed by atoms with Crippen LogP contribution in [0.1, 0.15) is 0 Å². The summed E-state index contributed by atoms with van der Waals surface area (Å²) in [7, 11) is 1.41. The summed E-state index contributed by atoms with van der Waals surface area (Å²) in [4.78, 5) is 43.0. The third-order valence-corrected chi connectivity index (χ3v) is 4.70. The van der Waals surface area contributed by atoms with Gasteiger partial charge in [-0.1, -0.05) is 6.08 Å². The average molecular weight is 430 g/mol. The van der Waals surface area contributed by atoms with Crippen molar-refractivity contribution in [1.82, 2.24) is 24.0 Å². The molecule has 1 N–H and O–H groups in total. The molecule has 0 aromatic carbocycles. The molecule has 0 bridgehead atoms. The maximum Gasteiger partial charge on any atom is 0.490 e. The van der Waals surface area contributed by atoms with Crippen molar-refractivity contribution in [2.75, 3.05) is 37.7 Å². The molecule has 1 saturated heterocycles. The molecule has 0 unspecified atom stereocenters. The van der Waals surface area contributed by atoms with Gasteiger partial charge in [0.25, 0.3) is 5.56 Å². The van der Waals surface area contributed by atoms with E-state index < -0.39 is 36.5 Å². The molecule has 0 spiro atoms. The minimum atomic E-state index is -5.15. The van der Waals surface area contributed by atoms with Crippen molar-refractivity contribution in [2.45, 2.75) is 19.3 Å². The Labute approximate surface area is 168 Å². The summed E-state index contributed by atoms with van der Waals surface area (Å²) in [5.74, 6) is -1.88. The zero-order valence-electron chi connectivity index (χ0n) is 16.2. The zero-order valence-corrected chi connectivity index (χ0v) is 16.2. The number of ether oxygens (including phenoxy) is 1. The molecule has 0 aliphatic carbocycles. The summed E-state index contributed by atoms with van der Waals surface area (Å²) >= 11 is 0. The van der Waals surface area contributed by atoms with Crippen LogP contribution in [0.25, 0.3) is 11.2 Å². The van der Waals surface area contributed by atoms with Crippen molar-refractivity contribution in [2.24, 2.45) is 7.05 Å². The monoisotopic (exact) mass is 430 g/mol. The number of aryl methyl sites for hydroxylation is 1. The molecule has 10 nitrogen and oxygen atoms in total. The molecule has 2 aromatic heterocycles. The van der Waals surface area contributed by atoms with E-state index in [-0.39, 0.29) is 17.7 Å². The molecule has 3 heterocycles. The number of nitrogens with zero attached hydrogens (tertiary/aromatic N) is 5. The summed E-state index contributed by atoms with van der Waals surface area (Å²) in [6.45, 7) is 5.39. The first-order valence-corrected chi connectivity index (χ1v) is 9.17. The first-order valence-electron chi connectivity index (χ1n) is 9.17. The Kier molecular flexibility index (Phi) is 6.01. The fourth-order valence-electron chi connectivity index (χ4n) is 3.28. The number of anilines is 1. The molecular weight excluding hydrogens is 409 g/mol. The van der Waals surface area contributed by atoms with Crippen LogP contribution in [0.3, 0.4) is 0 Å². The van der Waals surface area contributed by atoms with Crippen LogP contribution in [0.15, 0.2) is 22.2 Å². The highest BCUT2D eigenvalue weighted by molar-refractivity contribution is 5.76. The van der Waals surface area contributed by atoms with E-state index in [1.807, 2.05) is 4.90 Å². The predicted octanol–water partition coefficient (Wildman–Crippen LogP) is -0.402. The number of hydrogen-bond acceptors (Lipinski definition) is 7. The molecule has 30 heavy (non-hydrogen) atoms. The highest BCUT2D eigenvalue weighted by Gasteiger charge is 2.40. The van der Waals surface area contributed by atoms with Gasteiger partial charge in [-0.05, 0) is 0 Å². The molecule has 2 aromatic rings. The molecule has 13 heteroatoms. The zero-order chi connectivity index (χ0) is 22.1. The Bertz CT molecular complexity index is 1080. The van der Waals surface area contributed by atoms with Gasteiger partial charge < -0.3 is 19.5 Å². The van der Waals surface area contributed by atoms with Crippen molar-refractivity contribution >= 4 is 23.1 Å². The number of esters is 1. The number of piperazine rings is 1. The lowest BCUT2D eigenvalue weighted by atomic mass is 10.4. The molecule has 164 valence electrons. The number of rotatable bonds is 6. The summed E-state index contributed by atoms with van der Waals surface area (Å²) in [5, 5.41) is 3.21. The minimum Gasteiger partial charge on any atom is -0.457 e. The molecule has 1 aliphatic rings. The number of alkyl halides is 3. The van der Waals surface area contributed by atoms with Crippen molar-refractivity contribution in [3.63, 3.8) is 0 Å². The van der Waals surface area contributed by atoms with Crippen LogP contribution in [0, 0.1) is 0 Å². The number of allylic oxidation sites excluding steroid dienone is 1. The number of halogens is 3. The van der Waals surface area contributed by atoms with Gasteiger partial charge in [0.2, 0.25) is 5.95 Å². The average Bonchev–Trinajstić information content (AvgIpc) is 3.08. The second kappa shape index (κ2) is 8.34. The van der Waals surface area contributed by atoms with Gasteiger partial charge in [-0.25, -0.2) is 9.59 Å². The van der Waals surface area contributed by atoms with E-state index in [9.17, 15) is 27.6 Å². The Morgan fingerprint density at radius 2 is 1.93 bits per heavy atom. The van der Waals surface area contributed by atoms with Crippen LogP contribution in [0.5, 0.6) is 0 Å². The number of nitrogens with one attached hydrogen (secondary N) is 1. The van der Waals surface area contributed by atoms with Gasteiger partial charge in [-0.15, -0.1) is 6.58 Å². The van der Waals surface area contributed by atoms with Gasteiger partial charge in [0.1, 0.15) is 6.61 Å². The van der Waals surface area contributed by atoms with Gasteiger partial charge in [-0.2, -0.15) is 18.2 Å². The fraction of sp³-hybridized carbons (Fsp3) is 0.529. The number of fused-ring (bicyclic) bond motifs is 1. The Morgan fingerprint density at radius 3 is 2.53 bits per heavy atom. The summed E-state index contributed by atoms with van der Waals surface area (Å²) in [5.41, 5.74) is -1.23. The van der Waals surface area contributed by atoms with Crippen LogP contribution in [0.2, 0.25) is 0 Å². The van der Waals surface area contributed by atoms with E-state index in [1.165, 1.54) is 7.05 Å². The molecule has 1 aliphatic heterocycles. The quantitative estimate of drug-likeness (QED) is 0.491. The lowest BCUT2D eigenvalue weighted by Crippen LogP contribution is -2.44. The smallest absolute Gasteiger partial charge is 0.457 e. The molecule has 0 atom stereocenters. The van der Waals surface area contributed by atoms with Crippen LogP contribution >= 0.6 is 0 Å². The number of imidazole rings is 1. The molecule has 0 radical (unpaired) electrons. The number of hydrogen-bond donors (Lipinski definition) is 1. The molecule has 1 fully saturated rings. The van der Waals surface area contributed by atoms with E-state index in [1.54, 1.807) is 10.6 Å². The topological polar surface area (TPSA) is 103 Å². The summed E-state index contributed by atoms with van der Waals surface area (Å²) in [6, 6.07) is 0. The first kappa shape index (κ1) is 21.6. The van der Waals surface area contributed by atoms with E-state index in [0.717, 1.165) is 22.2 Å². The van der Waals surface area contributed by atoms with Gasteiger partial charge in [0, 0.05) is 39.8 Å². The maximum absolute atomic E-state index is 13.0. The highest BCUT2D eigenvalue weighted by Crippen LogP contribution is 2.20. The lowest BCUT2D eigenvalue weighted by Gasteiger charge is -2.28. The van der Waals surface area contributed by atoms with Gasteiger partial charge >= 0.3 is 17.8 Å². The first-order chi connectivity index (χ1) is 14.2. The Morgan fingerprint density at radius 1 is 1.27 bits per heavy atom. The molecule has 3 rings (SSSR count). The summed E-state index contributed by atoms with van der Waals surface area (Å²) < 4.78 is 44.5. The second-order valence-electron chi connectivity index (χ2n) is 6.65. The van der Waals surface area contributed by atoms with Gasteiger partial charge in [0.15, 0.2) is 11.2 Å². The molecular formula is C17H21F3N6O4. The minimum absolute atomic E-state index is 0.118. The fourth-order valence-corrected chi connectivity index (χ4v) is 3.28. The predicted molar refractivity (Wildman–Crippen MR) is 102 cm³/mol. The van der Waals surface area contributed by atoms with Crippen LogP contribution in [-0.2, 0) is 29.7 Å². The van der Waals surface area contributed by atoms with E-state index >= 15 is 0 Å². The Hall–Kier alpha value is -3.09. The normalized spacial score (nSPS) is 14.9. The van der Waals surface area contributed by atoms with E-state index in [0.29, 0.717) is 19.0 Å². The molecule has 0 saturated carbocycles. The third-order valence-electron chi connectivity index (χ3n) is 4.70. The summed E-state index contributed by atoms with van der Waals surface area (Å²) in [6.07, 6.45) is -3.58. The van der Waals surface area contributed by atoms with Gasteiger partial charge in [-0.3, -0.25) is 13.9 Å². The standard InChI is InChI=1S/C17H21F3N6O4/c1-3-6-25-11-12(22-15(25)24-7-4-21-5-8-24)23(2)16(29)26(13(11)27)9-10-30-14(28)17(18,19)20/h3,21H,1,4-10H2,2H3. The van der Waals surface area contributed by atoms with E-state index in [4.69, 9.17) is 0 Å². The van der Waals surface area contributed by atoms with Gasteiger partial charge in [0.05, 0.1) is 6.54 Å². The van der Waals surface area contributed by atoms with Crippen molar-refractivity contribution in [3.8, 4) is 0 Å². The second-order valence-corrected chi connectivity index (χ2v) is 6.65. The van der Waals surface area contributed by atoms with Crippen LogP contribution in [0.4, 0.5) is 19.1 Å². The lowest BCUT2D eigenvalue weighted by molar-refractivity contribution is -0.199. The maximum atomic E-state index is 13.0. The molecule has 0 amide bonds. The Balaban J connectivity index is 2.04. The van der Waals surface area contributed by atoms with Crippen molar-refractivity contribution < 1.29 is 22.7 Å². The van der Waals surface area contributed by atoms with Crippen LogP contribution < -0.4 is 21.5 Å². The van der Waals surface area contributed by atoms with E-state index in [2.05, 4.69) is 21.6 Å².